The van der Waals surface area contributed by atoms with Gasteiger partial charge in [-0.2, -0.15) is 9.97 Å². The van der Waals surface area contributed by atoms with Gasteiger partial charge in [0, 0.05) is 99.9 Å². The molecule has 590 valence electrons. The molecule has 4 aliphatic rings. The van der Waals surface area contributed by atoms with Gasteiger partial charge in [0.25, 0.3) is 28.8 Å². The predicted octanol–water partition coefficient (Wildman–Crippen LogP) is 14.4. The molecule has 2 fully saturated rings. The lowest BCUT2D eigenvalue weighted by molar-refractivity contribution is 0.0693. The number of fused-ring (bicyclic) bond motifs is 2. The third-order valence-corrected chi connectivity index (χ3v) is 19.1. The number of amides is 3. The van der Waals surface area contributed by atoms with Crippen LogP contribution in [0.3, 0.4) is 0 Å². The van der Waals surface area contributed by atoms with Crippen molar-refractivity contribution in [3.05, 3.63) is 232 Å². The average Bonchev–Trinajstić information content (AvgIpc) is 0.781. The molecule has 3 amide bonds. The SMILES string of the molecule is CN1CCN(c2ccc(N)cc2)CC1.CN1CCN(c2ccc(Nc3ncc4c(n3)OCN(c3c(F)cccc3Cl)C4=O)cc2)CC1.CSc1ncc(C(=O)Nc2c(F)cccc2Cl)c(=O)[nH]1.CSc1ncc(C(=O)O)c(=O)[nH]1.CSc1ncc2c(n1)OCN(c1c(F)cccc1Cl)C2=O.ICI.Nc1c(F)cccc1Cl. The second kappa shape index (κ2) is 43.3. The summed E-state index contributed by atoms with van der Waals surface area (Å²) in [5.41, 5.74) is 13.3. The molecule has 27 nitrogen and oxygen atoms in total. The zero-order valence-corrected chi connectivity index (χ0v) is 69.7. The summed E-state index contributed by atoms with van der Waals surface area (Å²) >= 11 is 31.7. The smallest absolute Gasteiger partial charge is 0.342 e. The number of nitrogens with two attached hydrogens (primary N) is 2. The summed E-state index contributed by atoms with van der Waals surface area (Å²) in [6, 6.07) is 32.9. The number of carboxylic acid groups (broad SMARTS) is 1. The average molecular weight is 1900 g/mol. The van der Waals surface area contributed by atoms with Crippen molar-refractivity contribution in [2.45, 2.75) is 15.5 Å². The molecule has 0 radical (unpaired) electrons. The van der Waals surface area contributed by atoms with E-state index < -0.39 is 58.1 Å². The highest BCUT2D eigenvalue weighted by Gasteiger charge is 2.34. The van der Waals surface area contributed by atoms with Gasteiger partial charge >= 0.3 is 5.97 Å². The van der Waals surface area contributed by atoms with Gasteiger partial charge in [0.05, 0.1) is 33.9 Å². The Hall–Kier alpha value is -8.97. The van der Waals surface area contributed by atoms with Crippen LogP contribution in [0.2, 0.25) is 20.1 Å². The molecule has 0 unspecified atom stereocenters. The molecule has 0 saturated carbocycles. The van der Waals surface area contributed by atoms with E-state index in [4.69, 9.17) is 72.5 Å². The summed E-state index contributed by atoms with van der Waals surface area (Å²) in [6.45, 7) is 8.23. The molecule has 10 aromatic rings. The molecule has 4 aliphatic heterocycles. The number of para-hydroxylation sites is 4. The molecule has 9 N–H and O–H groups in total. The van der Waals surface area contributed by atoms with Gasteiger partial charge in [-0.3, -0.25) is 33.8 Å². The fraction of sp³-hybridized carbons (Fsp3) is 0.222. The van der Waals surface area contributed by atoms with Crippen LogP contribution in [0.5, 0.6) is 11.8 Å². The number of alkyl halides is 2. The molecule has 2 saturated heterocycles. The maximum Gasteiger partial charge on any atom is 0.342 e. The first-order chi connectivity index (χ1) is 53.7. The number of nitrogens with one attached hydrogen (secondary N) is 4. The van der Waals surface area contributed by atoms with E-state index in [1.807, 2.05) is 30.5 Å². The number of aromatic carboxylic acids is 1. The summed E-state index contributed by atoms with van der Waals surface area (Å²) in [7, 11) is 4.30. The molecule has 8 heterocycles. The number of nitrogen functional groups attached to an aromatic ring is 2. The highest BCUT2D eigenvalue weighted by Crippen LogP contribution is 2.37. The normalized spacial score (nSPS) is 13.6. The van der Waals surface area contributed by atoms with Crippen LogP contribution in [-0.2, 0) is 0 Å². The van der Waals surface area contributed by atoms with Crippen molar-refractivity contribution >= 4 is 202 Å². The van der Waals surface area contributed by atoms with Crippen molar-refractivity contribution in [3.8, 4) is 11.8 Å². The molecule has 40 heteroatoms. The molecule has 14 rings (SSSR count). The van der Waals surface area contributed by atoms with Crippen LogP contribution >= 0.6 is 127 Å². The van der Waals surface area contributed by atoms with Crippen molar-refractivity contribution < 1.29 is 51.3 Å². The monoisotopic (exact) mass is 1900 g/mol. The topological polar surface area (TPSA) is 346 Å². The number of carboxylic acids is 1. The summed E-state index contributed by atoms with van der Waals surface area (Å²) in [6.07, 6.45) is 10.2. The van der Waals surface area contributed by atoms with Gasteiger partial charge in [-0.1, -0.05) is 151 Å². The van der Waals surface area contributed by atoms with Crippen LogP contribution in [0.1, 0.15) is 41.4 Å². The minimum atomic E-state index is -1.27. The number of carbonyl (C=O) groups is 4. The van der Waals surface area contributed by atoms with E-state index in [2.05, 4.69) is 154 Å². The molecule has 0 spiro atoms. The van der Waals surface area contributed by atoms with Crippen molar-refractivity contribution in [1.29, 1.82) is 0 Å². The predicted molar refractivity (Wildman–Crippen MR) is 452 cm³/mol. The summed E-state index contributed by atoms with van der Waals surface area (Å²) in [5.74, 6) is -4.70. The second-order valence-corrected chi connectivity index (χ2v) is 31.8. The Labute approximate surface area is 699 Å². The number of aromatic amines is 2. The molecule has 112 heavy (non-hydrogen) atoms. The number of rotatable bonds is 12. The maximum absolute atomic E-state index is 14.3. The van der Waals surface area contributed by atoms with Gasteiger partial charge in [-0.15, -0.1) is 0 Å². The minimum absolute atomic E-state index is 0.0104. The Kier molecular flexibility index (Phi) is 34.3. The number of halogens is 10. The number of H-pyrrole nitrogens is 2. The summed E-state index contributed by atoms with van der Waals surface area (Å²) < 4.78 is 66.4. The quantitative estimate of drug-likeness (QED) is 0.0149. The number of aromatic nitrogens is 8. The van der Waals surface area contributed by atoms with Crippen LogP contribution in [-0.4, -0.2) is 180 Å². The molecule has 0 aliphatic carbocycles. The fourth-order valence-electron chi connectivity index (χ4n) is 10.2. The van der Waals surface area contributed by atoms with E-state index in [-0.39, 0.29) is 90.3 Å². The van der Waals surface area contributed by atoms with Crippen molar-refractivity contribution in [2.24, 2.45) is 0 Å². The Bertz CT molecular complexity index is 4980. The number of benzene rings is 6. The highest BCUT2D eigenvalue weighted by molar-refractivity contribution is 14.2. The van der Waals surface area contributed by atoms with E-state index in [0.29, 0.717) is 21.4 Å². The van der Waals surface area contributed by atoms with Gasteiger partial charge in [-0.25, -0.2) is 42.3 Å². The van der Waals surface area contributed by atoms with Crippen LogP contribution in [0.15, 0.2) is 171 Å². The van der Waals surface area contributed by atoms with Gasteiger partial charge in [0.1, 0.15) is 56.9 Å². The Morgan fingerprint density at radius 1 is 0.545 bits per heavy atom. The number of piperazine rings is 2. The van der Waals surface area contributed by atoms with Crippen LogP contribution < -0.4 is 62.3 Å². The number of likely N-dealkylation sites (N-methyl/N-ethyl adjacent to an activating group) is 2. The standard InChI is InChI=1S/C23H22ClFN6O2.C13H9ClFN3O2S.C12H9ClFN3O2S.C11H17N3.C6H5ClFN.C6H6N2O3S.CH2I2/c1-29-9-11-30(12-10-29)16-7-5-15(6-8-16)27-23-26-13-17-21(28-23)33-14-31(22(17)32)20-18(24)3-2-4-19(20)25;1-21-13-16-5-7-11(17-13)20-6-18(12(7)19)10-8(14)3-2-4-9(10)15;1-20-12-15-5-6(11(19)17-12)10(18)16-9-7(13)3-2-4-8(9)14;1-13-6-8-14(9-7-13)11-4-2-10(12)3-5-11;7-4-2-1-3-5(8)6(4)9;1-12-6-7-2-3(5(10)11)4(9)8-6;2-1-3/h2-8,13H,9-12,14H2,1H3,(H,26,27,28);2-5H,6H2,1H3;2-5H,1H3,(H,16,18)(H,15,17,19);2-5H,6-9,12H2,1H3;1-3H,9H2;2H,1H3,(H,10,11)(H,7,8,9);1H2. The van der Waals surface area contributed by atoms with E-state index >= 15 is 0 Å². The van der Waals surface area contributed by atoms with Gasteiger partial charge in [0.2, 0.25) is 17.7 Å². The number of carbonyl (C=O) groups excluding carboxylic acids is 3. The van der Waals surface area contributed by atoms with Crippen molar-refractivity contribution in [2.75, 3.05) is 143 Å². The lowest BCUT2D eigenvalue weighted by Crippen LogP contribution is -2.44. The number of thioether (sulfide) groups is 3. The second-order valence-electron chi connectivity index (χ2n) is 23.3. The van der Waals surface area contributed by atoms with Crippen molar-refractivity contribution in [3.63, 3.8) is 0 Å². The minimum Gasteiger partial charge on any atom is -0.477 e. The number of ether oxygens (including phenoxy) is 2. The van der Waals surface area contributed by atoms with Gasteiger partial charge < -0.3 is 66.2 Å². The molecule has 6 aromatic carbocycles. The molecule has 0 bridgehead atoms. The van der Waals surface area contributed by atoms with E-state index in [1.165, 1.54) is 122 Å². The number of hydrogen-bond donors (Lipinski definition) is 7. The summed E-state index contributed by atoms with van der Waals surface area (Å²) in [4.78, 5) is 111. The molecule has 4 aromatic heterocycles. The first-order valence-corrected chi connectivity index (χ1v) is 41.1. The summed E-state index contributed by atoms with van der Waals surface area (Å²) in [5, 5.41) is 15.7. The lowest BCUT2D eigenvalue weighted by Gasteiger charge is -2.34. The first kappa shape index (κ1) is 88.6. The lowest BCUT2D eigenvalue weighted by atomic mass is 10.2. The third kappa shape index (κ3) is 24.5. The van der Waals surface area contributed by atoms with E-state index in [9.17, 15) is 46.3 Å². The number of anilines is 9. The highest BCUT2D eigenvalue weighted by atomic mass is 127. The van der Waals surface area contributed by atoms with Crippen LogP contribution in [0.4, 0.5) is 69.0 Å². The largest absolute Gasteiger partial charge is 0.477 e. The number of nitrogens with zero attached hydrogens (tertiary/aromatic N) is 12. The van der Waals surface area contributed by atoms with Crippen LogP contribution in [0.25, 0.3) is 0 Å². The zero-order chi connectivity index (χ0) is 81.3. The molecular weight excluding hydrogens is 1830 g/mol. The zero-order valence-electron chi connectivity index (χ0n) is 59.9. The Morgan fingerprint density at radius 2 is 0.973 bits per heavy atom. The molecule has 0 atom stereocenters. The Balaban J connectivity index is 0.000000176. The third-order valence-electron chi connectivity index (χ3n) is 16.1. The van der Waals surface area contributed by atoms with E-state index in [1.54, 1.807) is 18.6 Å². The first-order valence-electron chi connectivity index (χ1n) is 32.9. The van der Waals surface area contributed by atoms with Gasteiger partial charge in [0.15, 0.2) is 28.9 Å². The maximum atomic E-state index is 14.3. The van der Waals surface area contributed by atoms with Gasteiger partial charge in [-0.05, 0) is 130 Å². The van der Waals surface area contributed by atoms with Crippen molar-refractivity contribution in [1.82, 2.24) is 49.7 Å². The molecular formula is C72H70Cl4F4I2N18O9S3. The Morgan fingerprint density at radius 3 is 1.40 bits per heavy atom. The van der Waals surface area contributed by atoms with E-state index in [0.717, 1.165) is 92.0 Å². The fourth-order valence-corrected chi connectivity index (χ4v) is 12.1. The number of hydrogen-bond acceptors (Lipinski definition) is 24. The van der Waals surface area contributed by atoms with Crippen LogP contribution in [0, 0.1) is 23.3 Å².